The number of ether oxygens (including phenoxy) is 3. The third-order valence-electron chi connectivity index (χ3n) is 6.87. The monoisotopic (exact) mass is 520 g/mol. The van der Waals surface area contributed by atoms with Gasteiger partial charge in [0.25, 0.3) is 5.69 Å². The van der Waals surface area contributed by atoms with Gasteiger partial charge in [-0.15, -0.1) is 0 Å². The molecule has 0 bridgehead atoms. The molecule has 2 aliphatic heterocycles. The normalized spacial score (nSPS) is 20.8. The number of fused-ring (bicyclic) bond motifs is 1. The van der Waals surface area contributed by atoms with E-state index in [4.69, 9.17) is 14.2 Å². The van der Waals surface area contributed by atoms with E-state index in [-0.39, 0.29) is 24.5 Å². The van der Waals surface area contributed by atoms with Crippen molar-refractivity contribution in [2.75, 3.05) is 18.0 Å². The molecule has 9 heteroatoms. The molecule has 0 unspecified atom stereocenters. The molecule has 3 atom stereocenters. The Bertz CT molecular complexity index is 1340. The van der Waals surface area contributed by atoms with Crippen molar-refractivity contribution in [1.29, 1.82) is 0 Å². The Hall–Kier alpha value is -3.98. The van der Waals surface area contributed by atoms with E-state index in [9.17, 15) is 19.3 Å². The molecule has 0 N–H and O–H groups in total. The first-order valence-corrected chi connectivity index (χ1v) is 12.6. The molecule has 1 saturated heterocycles. The molecule has 0 aromatic heterocycles. The van der Waals surface area contributed by atoms with Gasteiger partial charge in [-0.2, -0.15) is 0 Å². The van der Waals surface area contributed by atoms with Crippen LogP contribution in [-0.2, 0) is 22.7 Å². The predicted molar refractivity (Wildman–Crippen MR) is 138 cm³/mol. The van der Waals surface area contributed by atoms with E-state index in [1.807, 2.05) is 35.2 Å². The molecule has 0 saturated carbocycles. The lowest BCUT2D eigenvalue weighted by molar-refractivity contribution is -0.384. The van der Waals surface area contributed by atoms with Crippen molar-refractivity contribution in [2.45, 2.75) is 39.8 Å². The van der Waals surface area contributed by atoms with Crippen LogP contribution in [0.1, 0.15) is 53.6 Å². The lowest BCUT2D eigenvalue weighted by Crippen LogP contribution is -2.39. The van der Waals surface area contributed by atoms with Gasteiger partial charge in [0.2, 0.25) is 6.29 Å². The van der Waals surface area contributed by atoms with Crippen LogP contribution in [0.4, 0.5) is 15.8 Å². The number of hydrogen-bond acceptors (Lipinski definition) is 7. The van der Waals surface area contributed by atoms with Gasteiger partial charge in [0, 0.05) is 35.8 Å². The lowest BCUT2D eigenvalue weighted by atomic mass is 9.91. The van der Waals surface area contributed by atoms with Gasteiger partial charge in [0.05, 0.1) is 17.1 Å². The Morgan fingerprint density at radius 1 is 1.11 bits per heavy atom. The summed E-state index contributed by atoms with van der Waals surface area (Å²) in [5.74, 6) is -0.0348. The van der Waals surface area contributed by atoms with Crippen LogP contribution in [0.15, 0.2) is 60.7 Å². The molecule has 2 aliphatic rings. The maximum Gasteiger partial charge on any atom is 0.338 e. The lowest BCUT2D eigenvalue weighted by Gasteiger charge is -2.36. The van der Waals surface area contributed by atoms with Crippen molar-refractivity contribution >= 4 is 17.3 Å². The van der Waals surface area contributed by atoms with Crippen molar-refractivity contribution in [2.24, 2.45) is 11.8 Å². The second-order valence-corrected chi connectivity index (χ2v) is 10.1. The van der Waals surface area contributed by atoms with Gasteiger partial charge in [-0.25, -0.2) is 9.18 Å². The van der Waals surface area contributed by atoms with E-state index in [2.05, 4.69) is 13.8 Å². The molecule has 198 valence electrons. The number of benzene rings is 3. The van der Waals surface area contributed by atoms with Crippen molar-refractivity contribution in [3.63, 3.8) is 0 Å². The molecule has 3 aromatic carbocycles. The minimum absolute atomic E-state index is 0.0511. The minimum atomic E-state index is -0.746. The number of piperidine rings is 1. The summed E-state index contributed by atoms with van der Waals surface area (Å²) in [6.07, 6.45) is 0.388. The van der Waals surface area contributed by atoms with Crippen LogP contribution in [-0.4, -0.2) is 24.0 Å². The maximum absolute atomic E-state index is 14.3. The third-order valence-corrected chi connectivity index (χ3v) is 6.87. The fourth-order valence-corrected chi connectivity index (χ4v) is 5.31. The molecule has 3 aromatic rings. The number of nitro groups is 1. The van der Waals surface area contributed by atoms with Gasteiger partial charge < -0.3 is 19.1 Å². The summed E-state index contributed by atoms with van der Waals surface area (Å²) in [5.41, 5.74) is 2.05. The first-order valence-electron chi connectivity index (χ1n) is 12.6. The first kappa shape index (κ1) is 25.7. The topological polar surface area (TPSA) is 91.1 Å². The summed E-state index contributed by atoms with van der Waals surface area (Å²) in [6.45, 7) is 5.55. The zero-order chi connectivity index (χ0) is 26.8. The largest absolute Gasteiger partial charge is 0.460 e. The quantitative estimate of drug-likeness (QED) is 0.218. The van der Waals surface area contributed by atoms with Gasteiger partial charge in [-0.1, -0.05) is 44.2 Å². The second kappa shape index (κ2) is 10.8. The standard InChI is InChI=1S/C29H29FN2O6/c1-18-10-19(2)15-31(14-18)25-9-8-21(13-26(25)32(34)35)28(33)36-16-22-11-24(30)12-23-17-37-29(38-27(22)23)20-6-4-3-5-7-20/h3-9,11-13,18-19,29H,10,14-17H2,1-2H3/t18-,19-,29+/m0/s1. The zero-order valence-electron chi connectivity index (χ0n) is 21.3. The van der Waals surface area contributed by atoms with Gasteiger partial charge in [0.1, 0.15) is 23.9 Å². The van der Waals surface area contributed by atoms with E-state index < -0.39 is 23.0 Å². The molecule has 5 rings (SSSR count). The van der Waals surface area contributed by atoms with Crippen LogP contribution < -0.4 is 9.64 Å². The average molecular weight is 521 g/mol. The van der Waals surface area contributed by atoms with E-state index in [1.165, 1.54) is 24.3 Å². The van der Waals surface area contributed by atoms with Crippen LogP contribution >= 0.6 is 0 Å². The number of carbonyl (C=O) groups is 1. The highest BCUT2D eigenvalue weighted by Crippen LogP contribution is 2.37. The zero-order valence-corrected chi connectivity index (χ0v) is 21.3. The molecule has 2 heterocycles. The summed E-state index contributed by atoms with van der Waals surface area (Å²) in [7, 11) is 0. The van der Waals surface area contributed by atoms with Gasteiger partial charge in [-0.05, 0) is 42.5 Å². The Morgan fingerprint density at radius 3 is 2.55 bits per heavy atom. The van der Waals surface area contributed by atoms with Crippen molar-refractivity contribution < 1.29 is 28.3 Å². The Balaban J connectivity index is 1.34. The third kappa shape index (κ3) is 5.47. The van der Waals surface area contributed by atoms with Crippen molar-refractivity contribution in [1.82, 2.24) is 0 Å². The van der Waals surface area contributed by atoms with Crippen LogP contribution in [0.2, 0.25) is 0 Å². The molecular weight excluding hydrogens is 491 g/mol. The van der Waals surface area contributed by atoms with E-state index in [1.54, 1.807) is 6.07 Å². The number of halogens is 1. The number of nitrogens with zero attached hydrogens (tertiary/aromatic N) is 2. The maximum atomic E-state index is 14.3. The Labute approximate surface area is 220 Å². The Morgan fingerprint density at radius 2 is 1.84 bits per heavy atom. The molecular formula is C29H29FN2O6. The summed E-state index contributed by atoms with van der Waals surface area (Å²) in [4.78, 5) is 26.3. The number of hydrogen-bond donors (Lipinski definition) is 0. The van der Waals surface area contributed by atoms with Crippen molar-refractivity contribution in [3.05, 3.63) is 98.8 Å². The predicted octanol–water partition coefficient (Wildman–Crippen LogP) is 6.18. The second-order valence-electron chi connectivity index (χ2n) is 10.1. The van der Waals surface area contributed by atoms with E-state index >= 15 is 0 Å². The molecule has 1 fully saturated rings. The average Bonchev–Trinajstić information content (AvgIpc) is 2.90. The van der Waals surface area contributed by atoms with E-state index in [0.717, 1.165) is 12.0 Å². The number of nitro benzene ring substituents is 1. The fourth-order valence-electron chi connectivity index (χ4n) is 5.31. The van der Waals surface area contributed by atoms with Crippen LogP contribution in [0, 0.1) is 27.8 Å². The molecule has 0 radical (unpaired) electrons. The molecule has 38 heavy (non-hydrogen) atoms. The number of esters is 1. The number of carbonyl (C=O) groups excluding carboxylic acids is 1. The summed E-state index contributed by atoms with van der Waals surface area (Å²) < 4.78 is 31.5. The number of anilines is 1. The SMILES string of the molecule is C[C@H]1C[C@H](C)CN(c2ccc(C(=O)OCc3cc(F)cc4c3O[C@H](c3ccccc3)OC4)cc2[N+](=O)[O-])C1. The highest BCUT2D eigenvalue weighted by Gasteiger charge is 2.29. The minimum Gasteiger partial charge on any atom is -0.460 e. The van der Waals surface area contributed by atoms with Gasteiger partial charge in [-0.3, -0.25) is 10.1 Å². The summed E-state index contributed by atoms with van der Waals surface area (Å²) >= 11 is 0. The summed E-state index contributed by atoms with van der Waals surface area (Å²) in [6, 6.07) is 16.3. The highest BCUT2D eigenvalue weighted by molar-refractivity contribution is 5.91. The molecule has 0 aliphatic carbocycles. The first-order chi connectivity index (χ1) is 18.3. The molecule has 0 amide bonds. The smallest absolute Gasteiger partial charge is 0.338 e. The van der Waals surface area contributed by atoms with Crippen LogP contribution in [0.25, 0.3) is 0 Å². The van der Waals surface area contributed by atoms with Gasteiger partial charge >= 0.3 is 5.97 Å². The van der Waals surface area contributed by atoms with Crippen LogP contribution in [0.5, 0.6) is 5.75 Å². The molecule has 0 spiro atoms. The van der Waals surface area contributed by atoms with E-state index in [0.29, 0.717) is 47.5 Å². The van der Waals surface area contributed by atoms with Gasteiger partial charge in [0.15, 0.2) is 0 Å². The number of rotatable bonds is 6. The highest BCUT2D eigenvalue weighted by atomic mass is 19.1. The van der Waals surface area contributed by atoms with Crippen LogP contribution in [0.3, 0.4) is 0 Å². The molecule has 8 nitrogen and oxygen atoms in total. The Kier molecular flexibility index (Phi) is 7.28. The van der Waals surface area contributed by atoms with Crippen molar-refractivity contribution in [3.8, 4) is 5.75 Å². The summed E-state index contributed by atoms with van der Waals surface area (Å²) in [5, 5.41) is 11.9. The fraction of sp³-hybridized carbons (Fsp3) is 0.345.